The van der Waals surface area contributed by atoms with E-state index in [-0.39, 0.29) is 17.4 Å². The van der Waals surface area contributed by atoms with E-state index >= 15 is 0 Å². The topological polar surface area (TPSA) is 66.8 Å². The Balaban J connectivity index is 1.83. The van der Waals surface area contributed by atoms with Gasteiger partial charge in [0.05, 0.1) is 17.7 Å². The van der Waals surface area contributed by atoms with Crippen molar-refractivity contribution in [1.29, 1.82) is 0 Å². The third-order valence-electron chi connectivity index (χ3n) is 5.68. The molecule has 1 atom stereocenters. The van der Waals surface area contributed by atoms with Crippen LogP contribution in [0.5, 0.6) is 5.75 Å². The summed E-state index contributed by atoms with van der Waals surface area (Å²) in [4.78, 5) is 27.8. The van der Waals surface area contributed by atoms with Crippen molar-refractivity contribution in [1.82, 2.24) is 0 Å². The Bertz CT molecular complexity index is 1180. The second-order valence-corrected chi connectivity index (χ2v) is 8.29. The van der Waals surface area contributed by atoms with Crippen LogP contribution < -0.4 is 9.64 Å². The number of Topliss-reactive ketones (excluding diaryl/α,β-unsaturated/α-hetero) is 1. The number of ketones is 1. The van der Waals surface area contributed by atoms with Crippen LogP contribution in [0.15, 0.2) is 84.4 Å². The molecule has 3 aromatic carbocycles. The van der Waals surface area contributed by atoms with Gasteiger partial charge in [-0.15, -0.1) is 0 Å². The SMILES string of the molecule is CCc1ccc(/C(O)=C2\C(=O)C(=O)N(c3ccc(OC(C)C)cc3)C2c2ccccc2)cc1. The second kappa shape index (κ2) is 9.33. The van der Waals surface area contributed by atoms with Gasteiger partial charge in [0, 0.05) is 11.3 Å². The minimum atomic E-state index is -0.742. The number of carbonyl (C=O) groups excluding carboxylic acids is 2. The lowest BCUT2D eigenvalue weighted by atomic mass is 9.95. The average molecular weight is 442 g/mol. The predicted octanol–water partition coefficient (Wildman–Crippen LogP) is 5.66. The minimum Gasteiger partial charge on any atom is -0.507 e. The standard InChI is InChI=1S/C28H27NO4/c1-4-19-10-12-21(13-11-19)26(30)24-25(20-8-6-5-7-9-20)29(28(32)27(24)31)22-14-16-23(17-15-22)33-18(2)3/h5-18,25,30H,4H2,1-3H3/b26-24+. The van der Waals surface area contributed by atoms with Crippen LogP contribution in [0, 0.1) is 0 Å². The number of amides is 1. The number of hydrogen-bond donors (Lipinski definition) is 1. The first kappa shape index (κ1) is 22.3. The molecule has 0 radical (unpaired) electrons. The quantitative estimate of drug-likeness (QED) is 0.304. The molecular weight excluding hydrogens is 414 g/mol. The molecule has 0 bridgehead atoms. The Labute approximate surface area is 193 Å². The van der Waals surface area contributed by atoms with Crippen LogP contribution in [-0.2, 0) is 16.0 Å². The average Bonchev–Trinajstić information content (AvgIpc) is 3.10. The monoisotopic (exact) mass is 441 g/mol. The molecule has 3 aromatic rings. The van der Waals surface area contributed by atoms with E-state index in [2.05, 4.69) is 0 Å². The van der Waals surface area contributed by atoms with Crippen LogP contribution in [0.4, 0.5) is 5.69 Å². The van der Waals surface area contributed by atoms with E-state index in [1.54, 1.807) is 36.4 Å². The van der Waals surface area contributed by atoms with Crippen molar-refractivity contribution in [3.05, 3.63) is 101 Å². The van der Waals surface area contributed by atoms with Crippen molar-refractivity contribution in [3.63, 3.8) is 0 Å². The van der Waals surface area contributed by atoms with Crippen molar-refractivity contribution in [2.75, 3.05) is 4.90 Å². The molecule has 0 aromatic heterocycles. The number of hydrogen-bond acceptors (Lipinski definition) is 4. The normalized spacial score (nSPS) is 17.6. The summed E-state index contributed by atoms with van der Waals surface area (Å²) in [5.74, 6) is -0.874. The van der Waals surface area contributed by atoms with Gasteiger partial charge in [-0.25, -0.2) is 0 Å². The van der Waals surface area contributed by atoms with Gasteiger partial charge in [-0.1, -0.05) is 61.5 Å². The van der Waals surface area contributed by atoms with Gasteiger partial charge in [0.2, 0.25) is 0 Å². The maximum Gasteiger partial charge on any atom is 0.300 e. The maximum absolute atomic E-state index is 13.2. The van der Waals surface area contributed by atoms with E-state index in [9.17, 15) is 14.7 Å². The summed E-state index contributed by atoms with van der Waals surface area (Å²) in [5.41, 5.74) is 3.01. The molecule has 1 aliphatic heterocycles. The Kier molecular flexibility index (Phi) is 6.31. The van der Waals surface area contributed by atoms with E-state index in [4.69, 9.17) is 4.74 Å². The molecule has 1 heterocycles. The summed E-state index contributed by atoms with van der Waals surface area (Å²) in [7, 11) is 0. The van der Waals surface area contributed by atoms with E-state index in [0.717, 1.165) is 17.5 Å². The molecule has 33 heavy (non-hydrogen) atoms. The van der Waals surface area contributed by atoms with Crippen LogP contribution in [0.25, 0.3) is 5.76 Å². The van der Waals surface area contributed by atoms with Crippen molar-refractivity contribution < 1.29 is 19.4 Å². The molecular formula is C28H27NO4. The summed E-state index contributed by atoms with van der Waals surface area (Å²) in [6, 6.07) is 23.0. The molecule has 0 spiro atoms. The molecule has 1 aliphatic rings. The first-order valence-electron chi connectivity index (χ1n) is 11.1. The van der Waals surface area contributed by atoms with Crippen LogP contribution in [0.2, 0.25) is 0 Å². The molecule has 5 heteroatoms. The highest BCUT2D eigenvalue weighted by atomic mass is 16.5. The maximum atomic E-state index is 13.2. The number of rotatable bonds is 6. The number of benzene rings is 3. The third-order valence-corrected chi connectivity index (χ3v) is 5.68. The van der Waals surface area contributed by atoms with Gasteiger partial charge < -0.3 is 9.84 Å². The number of aryl methyl sites for hydroxylation is 1. The minimum absolute atomic E-state index is 0.0218. The highest BCUT2D eigenvalue weighted by molar-refractivity contribution is 6.51. The lowest BCUT2D eigenvalue weighted by Gasteiger charge is -2.25. The Hall–Kier alpha value is -3.86. The lowest BCUT2D eigenvalue weighted by Crippen LogP contribution is -2.29. The summed E-state index contributed by atoms with van der Waals surface area (Å²) < 4.78 is 5.71. The lowest BCUT2D eigenvalue weighted by molar-refractivity contribution is -0.132. The zero-order chi connectivity index (χ0) is 23.5. The van der Waals surface area contributed by atoms with Gasteiger partial charge in [0.15, 0.2) is 0 Å². The molecule has 0 saturated carbocycles. The van der Waals surface area contributed by atoms with Gasteiger partial charge in [-0.3, -0.25) is 14.5 Å². The van der Waals surface area contributed by atoms with E-state index in [1.165, 1.54) is 4.90 Å². The number of ether oxygens (including phenoxy) is 1. The Morgan fingerprint density at radius 2 is 1.58 bits per heavy atom. The van der Waals surface area contributed by atoms with Crippen molar-refractivity contribution >= 4 is 23.1 Å². The van der Waals surface area contributed by atoms with Crippen molar-refractivity contribution in [3.8, 4) is 5.75 Å². The fraction of sp³-hybridized carbons (Fsp3) is 0.214. The third kappa shape index (κ3) is 4.40. The molecule has 168 valence electrons. The predicted molar refractivity (Wildman–Crippen MR) is 129 cm³/mol. The second-order valence-electron chi connectivity index (χ2n) is 8.29. The Morgan fingerprint density at radius 1 is 0.939 bits per heavy atom. The fourth-order valence-corrected chi connectivity index (χ4v) is 4.06. The largest absolute Gasteiger partial charge is 0.507 e. The number of aliphatic hydroxyl groups excluding tert-OH is 1. The zero-order valence-corrected chi connectivity index (χ0v) is 19.0. The van der Waals surface area contributed by atoms with E-state index in [1.807, 2.05) is 63.2 Å². The van der Waals surface area contributed by atoms with Crippen LogP contribution >= 0.6 is 0 Å². The van der Waals surface area contributed by atoms with E-state index < -0.39 is 17.7 Å². The summed E-state index contributed by atoms with van der Waals surface area (Å²) in [5, 5.41) is 11.2. The molecule has 1 fully saturated rings. The van der Waals surface area contributed by atoms with Gasteiger partial charge in [-0.2, -0.15) is 0 Å². The van der Waals surface area contributed by atoms with Gasteiger partial charge in [0.1, 0.15) is 11.5 Å². The first-order chi connectivity index (χ1) is 15.9. The van der Waals surface area contributed by atoms with Gasteiger partial charge in [-0.05, 0) is 55.7 Å². The molecule has 1 N–H and O–H groups in total. The summed E-state index contributed by atoms with van der Waals surface area (Å²) in [6.07, 6.45) is 0.889. The fourth-order valence-electron chi connectivity index (χ4n) is 4.06. The van der Waals surface area contributed by atoms with Crippen molar-refractivity contribution in [2.45, 2.75) is 39.3 Å². The van der Waals surface area contributed by atoms with Crippen molar-refractivity contribution in [2.24, 2.45) is 0 Å². The smallest absolute Gasteiger partial charge is 0.300 e. The van der Waals surface area contributed by atoms with E-state index in [0.29, 0.717) is 17.0 Å². The highest BCUT2D eigenvalue weighted by Gasteiger charge is 2.46. The van der Waals surface area contributed by atoms with Gasteiger partial charge >= 0.3 is 0 Å². The molecule has 4 rings (SSSR count). The zero-order valence-electron chi connectivity index (χ0n) is 19.0. The number of nitrogens with zero attached hydrogens (tertiary/aromatic N) is 1. The number of carbonyl (C=O) groups is 2. The number of anilines is 1. The molecule has 1 amide bonds. The van der Waals surface area contributed by atoms with Crippen LogP contribution in [0.3, 0.4) is 0 Å². The Morgan fingerprint density at radius 3 is 2.15 bits per heavy atom. The molecule has 5 nitrogen and oxygen atoms in total. The van der Waals surface area contributed by atoms with Gasteiger partial charge in [0.25, 0.3) is 11.7 Å². The summed E-state index contributed by atoms with van der Waals surface area (Å²) >= 11 is 0. The molecule has 0 aliphatic carbocycles. The molecule has 1 unspecified atom stereocenters. The molecule has 1 saturated heterocycles. The highest BCUT2D eigenvalue weighted by Crippen LogP contribution is 2.42. The first-order valence-corrected chi connectivity index (χ1v) is 11.1. The van der Waals surface area contributed by atoms with Crippen LogP contribution in [0.1, 0.15) is 43.5 Å². The van der Waals surface area contributed by atoms with Crippen LogP contribution in [-0.4, -0.2) is 22.9 Å². The summed E-state index contributed by atoms with van der Waals surface area (Å²) in [6.45, 7) is 5.93. The number of aliphatic hydroxyl groups is 1.